The van der Waals surface area contributed by atoms with Crippen molar-refractivity contribution in [2.24, 2.45) is 0 Å². The first-order chi connectivity index (χ1) is 8.66. The fraction of sp³-hybridized carbons (Fsp3) is 0.125. The summed E-state index contributed by atoms with van der Waals surface area (Å²) in [5.74, 6) is 0. The van der Waals surface area contributed by atoms with Crippen LogP contribution >= 0.6 is 15.9 Å². The third-order valence-electron chi connectivity index (χ3n) is 2.86. The normalized spacial score (nSPS) is 10.1. The lowest BCUT2D eigenvalue weighted by atomic mass is 10.1. The number of hydrogen-bond acceptors (Lipinski definition) is 1. The van der Waals surface area contributed by atoms with E-state index < -0.39 is 0 Å². The molecular formula is C16H16BrN. The van der Waals surface area contributed by atoms with E-state index in [9.17, 15) is 0 Å². The van der Waals surface area contributed by atoms with Gasteiger partial charge in [-0.25, -0.2) is 0 Å². The molecule has 0 radical (unpaired) electrons. The van der Waals surface area contributed by atoms with E-state index in [1.54, 1.807) is 0 Å². The minimum atomic E-state index is 0.750. The van der Waals surface area contributed by atoms with Crippen LogP contribution in [-0.2, 0) is 0 Å². The van der Waals surface area contributed by atoms with E-state index in [0.717, 1.165) is 22.3 Å². The molecule has 0 saturated carbocycles. The van der Waals surface area contributed by atoms with Crippen LogP contribution in [0.25, 0.3) is 5.57 Å². The van der Waals surface area contributed by atoms with Crippen LogP contribution < -0.4 is 5.32 Å². The zero-order valence-electron chi connectivity index (χ0n) is 10.4. The molecule has 0 spiro atoms. The summed E-state index contributed by atoms with van der Waals surface area (Å²) < 4.78 is 1.12. The molecule has 0 amide bonds. The molecule has 0 aliphatic heterocycles. The number of halogens is 1. The summed E-state index contributed by atoms with van der Waals surface area (Å²) in [5, 5.41) is 3.38. The van der Waals surface area contributed by atoms with Gasteiger partial charge < -0.3 is 5.32 Å². The van der Waals surface area contributed by atoms with E-state index in [2.05, 4.69) is 65.1 Å². The van der Waals surface area contributed by atoms with Gasteiger partial charge in [-0.05, 0) is 35.8 Å². The average Bonchev–Trinajstić information content (AvgIpc) is 2.41. The maximum absolute atomic E-state index is 4.11. The molecule has 0 aliphatic carbocycles. The summed E-state index contributed by atoms with van der Waals surface area (Å²) >= 11 is 3.54. The van der Waals surface area contributed by atoms with Crippen molar-refractivity contribution >= 4 is 27.2 Å². The Labute approximate surface area is 117 Å². The molecule has 0 aromatic heterocycles. The first kappa shape index (κ1) is 12.9. The molecule has 2 heteroatoms. The predicted molar refractivity (Wildman–Crippen MR) is 82.8 cm³/mol. The predicted octanol–water partition coefficient (Wildman–Crippen LogP) is 4.88. The van der Waals surface area contributed by atoms with Gasteiger partial charge in [0.05, 0.1) is 0 Å². The molecule has 0 saturated heterocycles. The fourth-order valence-electron chi connectivity index (χ4n) is 1.69. The molecule has 1 nitrogen and oxygen atoms in total. The minimum absolute atomic E-state index is 0.750. The minimum Gasteiger partial charge on any atom is -0.381 e. The molecular weight excluding hydrogens is 286 g/mol. The maximum atomic E-state index is 4.11. The van der Waals surface area contributed by atoms with Gasteiger partial charge in [-0.3, -0.25) is 0 Å². The van der Waals surface area contributed by atoms with Gasteiger partial charge in [-0.2, -0.15) is 0 Å². The molecule has 0 unspecified atom stereocenters. The second kappa shape index (κ2) is 5.87. The van der Waals surface area contributed by atoms with Crippen LogP contribution in [0.5, 0.6) is 0 Å². The lowest BCUT2D eigenvalue weighted by Gasteiger charge is -2.10. The zero-order chi connectivity index (χ0) is 13.0. The van der Waals surface area contributed by atoms with Crippen LogP contribution in [0.4, 0.5) is 5.69 Å². The van der Waals surface area contributed by atoms with Crippen molar-refractivity contribution in [1.29, 1.82) is 0 Å². The molecule has 2 rings (SSSR count). The summed E-state index contributed by atoms with van der Waals surface area (Å²) in [7, 11) is 0. The van der Waals surface area contributed by atoms with Gasteiger partial charge in [0.1, 0.15) is 0 Å². The average molecular weight is 302 g/mol. The lowest BCUT2D eigenvalue weighted by Crippen LogP contribution is -2.03. The Morgan fingerprint density at radius 3 is 2.56 bits per heavy atom. The number of benzene rings is 2. The summed E-state index contributed by atoms with van der Waals surface area (Å²) in [6, 6.07) is 16.5. The van der Waals surface area contributed by atoms with Crippen molar-refractivity contribution in [2.75, 3.05) is 11.9 Å². The molecule has 18 heavy (non-hydrogen) atoms. The lowest BCUT2D eigenvalue weighted by molar-refractivity contribution is 1.32. The van der Waals surface area contributed by atoms with Gasteiger partial charge >= 0.3 is 0 Å². The first-order valence-electron chi connectivity index (χ1n) is 5.90. The van der Waals surface area contributed by atoms with E-state index in [4.69, 9.17) is 0 Å². The van der Waals surface area contributed by atoms with E-state index in [0.29, 0.717) is 0 Å². The number of rotatable bonds is 4. The highest BCUT2D eigenvalue weighted by molar-refractivity contribution is 9.10. The number of nitrogens with one attached hydrogen (secondary N) is 1. The van der Waals surface area contributed by atoms with Crippen LogP contribution in [0.15, 0.2) is 59.6 Å². The second-order valence-corrected chi connectivity index (χ2v) is 5.14. The van der Waals surface area contributed by atoms with Crippen molar-refractivity contribution in [3.8, 4) is 0 Å². The Balaban J connectivity index is 1.99. The number of anilines is 1. The summed E-state index contributed by atoms with van der Waals surface area (Å²) in [5.41, 5.74) is 4.61. The quantitative estimate of drug-likeness (QED) is 0.848. The highest BCUT2D eigenvalue weighted by Gasteiger charge is 2.00. The van der Waals surface area contributed by atoms with E-state index >= 15 is 0 Å². The second-order valence-electron chi connectivity index (χ2n) is 4.29. The summed E-state index contributed by atoms with van der Waals surface area (Å²) in [6.45, 7) is 6.94. The third kappa shape index (κ3) is 3.23. The topological polar surface area (TPSA) is 12.0 Å². The van der Waals surface area contributed by atoms with Crippen molar-refractivity contribution in [3.05, 3.63) is 70.7 Å². The highest BCUT2D eigenvalue weighted by atomic mass is 79.9. The SMILES string of the molecule is C=C(CNc1ccc(C)c(Br)c1)c1ccccc1. The molecule has 0 bridgehead atoms. The Hall–Kier alpha value is -1.54. The summed E-state index contributed by atoms with van der Waals surface area (Å²) in [4.78, 5) is 0. The monoisotopic (exact) mass is 301 g/mol. The summed E-state index contributed by atoms with van der Waals surface area (Å²) in [6.07, 6.45) is 0. The Morgan fingerprint density at radius 1 is 1.17 bits per heavy atom. The smallest absolute Gasteiger partial charge is 0.0400 e. The van der Waals surface area contributed by atoms with Gasteiger partial charge in [0.2, 0.25) is 0 Å². The third-order valence-corrected chi connectivity index (χ3v) is 3.71. The Morgan fingerprint density at radius 2 is 1.89 bits per heavy atom. The van der Waals surface area contributed by atoms with Crippen LogP contribution in [0.1, 0.15) is 11.1 Å². The first-order valence-corrected chi connectivity index (χ1v) is 6.69. The molecule has 0 heterocycles. The van der Waals surface area contributed by atoms with Crippen LogP contribution in [-0.4, -0.2) is 6.54 Å². The molecule has 0 aliphatic rings. The Bertz CT molecular complexity index is 546. The number of aryl methyl sites for hydroxylation is 1. The van der Waals surface area contributed by atoms with E-state index in [1.807, 2.05) is 18.2 Å². The Kier molecular flexibility index (Phi) is 4.21. The van der Waals surface area contributed by atoms with Crippen molar-refractivity contribution < 1.29 is 0 Å². The highest BCUT2D eigenvalue weighted by Crippen LogP contribution is 2.21. The largest absolute Gasteiger partial charge is 0.381 e. The van der Waals surface area contributed by atoms with Gasteiger partial charge in [0.25, 0.3) is 0 Å². The van der Waals surface area contributed by atoms with Crippen molar-refractivity contribution in [1.82, 2.24) is 0 Å². The molecule has 2 aromatic rings. The van der Waals surface area contributed by atoms with Crippen molar-refractivity contribution in [3.63, 3.8) is 0 Å². The van der Waals surface area contributed by atoms with Gasteiger partial charge in [-0.1, -0.05) is 58.9 Å². The van der Waals surface area contributed by atoms with Crippen LogP contribution in [0.3, 0.4) is 0 Å². The molecule has 92 valence electrons. The van der Waals surface area contributed by atoms with Crippen LogP contribution in [0.2, 0.25) is 0 Å². The van der Waals surface area contributed by atoms with Gasteiger partial charge in [-0.15, -0.1) is 0 Å². The zero-order valence-corrected chi connectivity index (χ0v) is 12.0. The van der Waals surface area contributed by atoms with Gasteiger partial charge in [0, 0.05) is 16.7 Å². The van der Waals surface area contributed by atoms with E-state index in [-0.39, 0.29) is 0 Å². The molecule has 2 aromatic carbocycles. The van der Waals surface area contributed by atoms with Crippen molar-refractivity contribution in [2.45, 2.75) is 6.92 Å². The van der Waals surface area contributed by atoms with Gasteiger partial charge in [0.15, 0.2) is 0 Å². The number of hydrogen-bond donors (Lipinski definition) is 1. The molecule has 1 N–H and O–H groups in total. The van der Waals surface area contributed by atoms with Crippen LogP contribution in [0, 0.1) is 6.92 Å². The standard InChI is InChI=1S/C16H16BrN/c1-12-8-9-15(10-16(12)17)18-11-13(2)14-6-4-3-5-7-14/h3-10,18H,2,11H2,1H3. The maximum Gasteiger partial charge on any atom is 0.0400 e. The van der Waals surface area contributed by atoms with E-state index in [1.165, 1.54) is 11.1 Å². The molecule has 0 fully saturated rings. The molecule has 0 atom stereocenters. The fourth-order valence-corrected chi connectivity index (χ4v) is 2.07.